The van der Waals surface area contributed by atoms with Gasteiger partial charge >= 0.3 is 0 Å². The molecule has 0 spiro atoms. The van der Waals surface area contributed by atoms with Crippen LogP contribution in [0.5, 0.6) is 5.75 Å². The van der Waals surface area contributed by atoms with Gasteiger partial charge in [0.25, 0.3) is 5.91 Å². The van der Waals surface area contributed by atoms with Crippen molar-refractivity contribution < 1.29 is 9.53 Å². The Morgan fingerprint density at radius 2 is 1.87 bits per heavy atom. The number of methoxy groups -OCH3 is 1. The summed E-state index contributed by atoms with van der Waals surface area (Å²) in [5.41, 5.74) is 2.05. The molecule has 1 amide bonds. The second kappa shape index (κ2) is 6.64. The van der Waals surface area contributed by atoms with Gasteiger partial charge < -0.3 is 15.0 Å². The van der Waals surface area contributed by atoms with Gasteiger partial charge in [0.2, 0.25) is 5.95 Å². The molecule has 0 saturated carbocycles. The van der Waals surface area contributed by atoms with Gasteiger partial charge in [-0.3, -0.25) is 4.79 Å². The lowest BCUT2D eigenvalue weighted by molar-refractivity contribution is 0.0787. The van der Waals surface area contributed by atoms with Gasteiger partial charge in [0.1, 0.15) is 11.4 Å². The second-order valence-electron chi connectivity index (χ2n) is 5.57. The minimum atomic E-state index is -0.0224. The van der Waals surface area contributed by atoms with E-state index in [1.165, 1.54) is 0 Å². The predicted octanol–water partition coefficient (Wildman–Crippen LogP) is 2.77. The Balaban J connectivity index is 1.80. The molecule has 6 heteroatoms. The summed E-state index contributed by atoms with van der Waals surface area (Å²) in [6.07, 6.45) is 2.12. The first kappa shape index (κ1) is 15.3. The van der Waals surface area contributed by atoms with E-state index in [4.69, 9.17) is 4.74 Å². The number of nitrogens with zero attached hydrogens (tertiary/aromatic N) is 3. The number of rotatable bonds is 4. The van der Waals surface area contributed by atoms with Gasteiger partial charge in [0, 0.05) is 24.5 Å². The van der Waals surface area contributed by atoms with Gasteiger partial charge in [-0.05, 0) is 50.1 Å². The van der Waals surface area contributed by atoms with Crippen molar-refractivity contribution in [3.05, 3.63) is 41.7 Å². The van der Waals surface area contributed by atoms with Crippen LogP contribution in [0.2, 0.25) is 0 Å². The van der Waals surface area contributed by atoms with Gasteiger partial charge in [-0.15, -0.1) is 0 Å². The fourth-order valence-corrected chi connectivity index (χ4v) is 2.62. The molecule has 23 heavy (non-hydrogen) atoms. The molecular formula is C17H20N4O2. The molecule has 0 unspecified atom stereocenters. The van der Waals surface area contributed by atoms with E-state index in [2.05, 4.69) is 15.3 Å². The van der Waals surface area contributed by atoms with Crippen molar-refractivity contribution in [1.29, 1.82) is 0 Å². The van der Waals surface area contributed by atoms with Crippen LogP contribution in [0.4, 0.5) is 11.6 Å². The molecular weight excluding hydrogens is 292 g/mol. The van der Waals surface area contributed by atoms with Crippen LogP contribution < -0.4 is 10.1 Å². The summed E-state index contributed by atoms with van der Waals surface area (Å²) in [4.78, 5) is 23.1. The third-order valence-electron chi connectivity index (χ3n) is 3.81. The normalized spacial score (nSPS) is 13.9. The maximum Gasteiger partial charge on any atom is 0.272 e. The summed E-state index contributed by atoms with van der Waals surface area (Å²) in [5.74, 6) is 1.19. The standard InChI is InChI=1S/C17H20N4O2/c1-12-11-15(16(22)21-9-3-4-10-21)20-17(18-12)19-13-5-7-14(23-2)8-6-13/h5-8,11H,3-4,9-10H2,1-2H3,(H,18,19,20). The molecule has 1 N–H and O–H groups in total. The van der Waals surface area contributed by atoms with Crippen molar-refractivity contribution in [1.82, 2.24) is 14.9 Å². The third kappa shape index (κ3) is 3.59. The molecule has 1 aliphatic heterocycles. The van der Waals surface area contributed by atoms with Crippen LogP contribution in [-0.4, -0.2) is 41.0 Å². The summed E-state index contributed by atoms with van der Waals surface area (Å²) in [7, 11) is 1.63. The number of aryl methyl sites for hydroxylation is 1. The fraction of sp³-hybridized carbons (Fsp3) is 0.353. The summed E-state index contributed by atoms with van der Waals surface area (Å²) >= 11 is 0. The van der Waals surface area contributed by atoms with Crippen molar-refractivity contribution in [2.75, 3.05) is 25.5 Å². The molecule has 1 saturated heterocycles. The SMILES string of the molecule is COc1ccc(Nc2nc(C)cc(C(=O)N3CCCC3)n2)cc1. The van der Waals surface area contributed by atoms with Crippen LogP contribution in [0, 0.1) is 6.92 Å². The topological polar surface area (TPSA) is 67.3 Å². The van der Waals surface area contributed by atoms with E-state index in [9.17, 15) is 4.79 Å². The average molecular weight is 312 g/mol. The van der Waals surface area contributed by atoms with Gasteiger partial charge in [0.05, 0.1) is 7.11 Å². The maximum absolute atomic E-state index is 12.5. The van der Waals surface area contributed by atoms with E-state index in [1.807, 2.05) is 36.1 Å². The highest BCUT2D eigenvalue weighted by Gasteiger charge is 2.21. The number of likely N-dealkylation sites (tertiary alicyclic amines) is 1. The number of nitrogens with one attached hydrogen (secondary N) is 1. The van der Waals surface area contributed by atoms with Crippen molar-refractivity contribution in [2.45, 2.75) is 19.8 Å². The number of hydrogen-bond donors (Lipinski definition) is 1. The van der Waals surface area contributed by atoms with Crippen molar-refractivity contribution in [3.63, 3.8) is 0 Å². The number of carbonyl (C=O) groups is 1. The quantitative estimate of drug-likeness (QED) is 0.940. The van der Waals surface area contributed by atoms with Crippen LogP contribution in [0.1, 0.15) is 29.0 Å². The Hall–Kier alpha value is -2.63. The number of hydrogen-bond acceptors (Lipinski definition) is 5. The zero-order valence-corrected chi connectivity index (χ0v) is 13.4. The van der Waals surface area contributed by atoms with E-state index < -0.39 is 0 Å². The number of aromatic nitrogens is 2. The molecule has 3 rings (SSSR count). The van der Waals surface area contributed by atoms with Gasteiger partial charge in [0.15, 0.2) is 0 Å². The number of amides is 1. The van der Waals surface area contributed by atoms with Crippen LogP contribution in [0.25, 0.3) is 0 Å². The molecule has 0 aliphatic carbocycles. The lowest BCUT2D eigenvalue weighted by Gasteiger charge is -2.15. The molecule has 120 valence electrons. The van der Waals surface area contributed by atoms with Gasteiger partial charge in [-0.1, -0.05) is 0 Å². The highest BCUT2D eigenvalue weighted by molar-refractivity contribution is 5.92. The Bertz CT molecular complexity index is 694. The second-order valence-corrected chi connectivity index (χ2v) is 5.57. The van der Waals surface area contributed by atoms with Crippen molar-refractivity contribution >= 4 is 17.5 Å². The number of anilines is 2. The minimum Gasteiger partial charge on any atom is -0.497 e. The van der Waals surface area contributed by atoms with Gasteiger partial charge in [-0.2, -0.15) is 0 Å². The molecule has 2 aromatic rings. The van der Waals surface area contributed by atoms with Crippen LogP contribution in [0.15, 0.2) is 30.3 Å². The molecule has 0 bridgehead atoms. The number of carbonyl (C=O) groups excluding carboxylic acids is 1. The van der Waals surface area contributed by atoms with Gasteiger partial charge in [-0.25, -0.2) is 9.97 Å². The average Bonchev–Trinajstić information content (AvgIpc) is 3.09. The van der Waals surface area contributed by atoms with E-state index >= 15 is 0 Å². The number of ether oxygens (including phenoxy) is 1. The summed E-state index contributed by atoms with van der Waals surface area (Å²) in [6.45, 7) is 3.48. The van der Waals surface area contributed by atoms with E-state index in [1.54, 1.807) is 13.2 Å². The zero-order chi connectivity index (χ0) is 16.2. The van der Waals surface area contributed by atoms with Crippen LogP contribution >= 0.6 is 0 Å². The Morgan fingerprint density at radius 1 is 1.17 bits per heavy atom. The van der Waals surface area contributed by atoms with E-state index in [0.29, 0.717) is 11.6 Å². The highest BCUT2D eigenvalue weighted by atomic mass is 16.5. The molecule has 6 nitrogen and oxygen atoms in total. The van der Waals surface area contributed by atoms with E-state index in [0.717, 1.165) is 43.1 Å². The summed E-state index contributed by atoms with van der Waals surface area (Å²) < 4.78 is 5.14. The largest absolute Gasteiger partial charge is 0.497 e. The first-order valence-electron chi connectivity index (χ1n) is 7.72. The molecule has 1 aliphatic rings. The Kier molecular flexibility index (Phi) is 4.41. The van der Waals surface area contributed by atoms with Crippen LogP contribution in [0.3, 0.4) is 0 Å². The highest BCUT2D eigenvalue weighted by Crippen LogP contribution is 2.19. The monoisotopic (exact) mass is 312 g/mol. The molecule has 1 fully saturated rings. The maximum atomic E-state index is 12.5. The Morgan fingerprint density at radius 3 is 2.52 bits per heavy atom. The Labute approximate surface area is 135 Å². The summed E-state index contributed by atoms with van der Waals surface area (Å²) in [6, 6.07) is 9.21. The smallest absolute Gasteiger partial charge is 0.272 e. The molecule has 2 heterocycles. The number of benzene rings is 1. The first-order valence-corrected chi connectivity index (χ1v) is 7.72. The third-order valence-corrected chi connectivity index (χ3v) is 3.81. The molecule has 1 aromatic heterocycles. The first-order chi connectivity index (χ1) is 11.2. The van der Waals surface area contributed by atoms with Crippen molar-refractivity contribution in [2.24, 2.45) is 0 Å². The van der Waals surface area contributed by atoms with Crippen molar-refractivity contribution in [3.8, 4) is 5.75 Å². The fourth-order valence-electron chi connectivity index (χ4n) is 2.62. The summed E-state index contributed by atoms with van der Waals surface area (Å²) in [5, 5.41) is 3.13. The van der Waals surface area contributed by atoms with E-state index in [-0.39, 0.29) is 5.91 Å². The molecule has 1 aromatic carbocycles. The zero-order valence-electron chi connectivity index (χ0n) is 13.4. The predicted molar refractivity (Wildman–Crippen MR) is 88.2 cm³/mol. The minimum absolute atomic E-state index is 0.0224. The molecule has 0 radical (unpaired) electrons. The van der Waals surface area contributed by atoms with Crippen LogP contribution in [-0.2, 0) is 0 Å². The lowest BCUT2D eigenvalue weighted by Crippen LogP contribution is -2.28. The molecule has 0 atom stereocenters. The lowest BCUT2D eigenvalue weighted by atomic mass is 10.3.